The highest BCUT2D eigenvalue weighted by atomic mass is 35.5. The monoisotopic (exact) mass is 303 g/mol. The Bertz CT molecular complexity index is 505. The lowest BCUT2D eigenvalue weighted by Gasteiger charge is -2.38. The Morgan fingerprint density at radius 2 is 2.00 bits per heavy atom. The molecule has 1 aromatic carbocycles. The number of benzene rings is 1. The van der Waals surface area contributed by atoms with Crippen LogP contribution in [-0.2, 0) is 15.1 Å². The minimum atomic E-state index is -1.57. The first-order chi connectivity index (χ1) is 8.75. The zero-order valence-corrected chi connectivity index (χ0v) is 12.4. The second-order valence-electron chi connectivity index (χ2n) is 4.61. The summed E-state index contributed by atoms with van der Waals surface area (Å²) in [6.07, 6.45) is 0.510. The Morgan fingerprint density at radius 3 is 2.42 bits per heavy atom. The molecule has 0 saturated carbocycles. The molecule has 1 atom stereocenters. The number of nitrogens with zero attached hydrogens (tertiary/aromatic N) is 1. The molecule has 6 heteroatoms. The summed E-state index contributed by atoms with van der Waals surface area (Å²) in [5.74, 6) is -1.17. The zero-order chi connectivity index (χ0) is 14.8. The van der Waals surface area contributed by atoms with Crippen LogP contribution in [-0.4, -0.2) is 28.4 Å². The van der Waals surface area contributed by atoms with Crippen molar-refractivity contribution >= 4 is 35.6 Å². The van der Waals surface area contributed by atoms with Gasteiger partial charge in [0, 0.05) is 21.7 Å². The van der Waals surface area contributed by atoms with E-state index in [1.807, 2.05) is 0 Å². The van der Waals surface area contributed by atoms with Crippen molar-refractivity contribution < 1.29 is 14.7 Å². The van der Waals surface area contributed by atoms with E-state index < -0.39 is 11.5 Å². The predicted octanol–water partition coefficient (Wildman–Crippen LogP) is 3.16. The third-order valence-electron chi connectivity index (χ3n) is 3.06. The van der Waals surface area contributed by atoms with E-state index in [2.05, 4.69) is 0 Å². The quantitative estimate of drug-likeness (QED) is 0.850. The highest BCUT2D eigenvalue weighted by Crippen LogP contribution is 2.36. The van der Waals surface area contributed by atoms with E-state index in [0.717, 1.165) is 0 Å². The van der Waals surface area contributed by atoms with E-state index in [4.69, 9.17) is 23.2 Å². The molecule has 0 radical (unpaired) electrons. The van der Waals surface area contributed by atoms with Crippen molar-refractivity contribution in [1.82, 2.24) is 4.90 Å². The fourth-order valence-corrected chi connectivity index (χ4v) is 2.45. The average molecular weight is 304 g/mol. The number of amides is 1. The van der Waals surface area contributed by atoms with Crippen LogP contribution >= 0.6 is 23.2 Å². The van der Waals surface area contributed by atoms with Gasteiger partial charge in [0.2, 0.25) is 6.41 Å². The molecule has 1 amide bonds. The van der Waals surface area contributed by atoms with E-state index >= 15 is 0 Å². The second kappa shape index (κ2) is 5.80. The molecular formula is C13H15Cl2NO3. The number of hydrogen-bond donors (Lipinski definition) is 1. The summed E-state index contributed by atoms with van der Waals surface area (Å²) in [7, 11) is 0. The number of carbonyl (C=O) groups is 2. The molecule has 0 aliphatic carbocycles. The van der Waals surface area contributed by atoms with Crippen molar-refractivity contribution in [3.05, 3.63) is 33.8 Å². The number of carboxylic acids is 1. The van der Waals surface area contributed by atoms with Crippen molar-refractivity contribution in [3.8, 4) is 0 Å². The van der Waals surface area contributed by atoms with Crippen molar-refractivity contribution in [2.45, 2.75) is 32.4 Å². The fourth-order valence-electron chi connectivity index (χ4n) is 1.98. The minimum Gasteiger partial charge on any atom is -0.479 e. The maximum atomic E-state index is 11.7. The van der Waals surface area contributed by atoms with Gasteiger partial charge in [0.25, 0.3) is 0 Å². The summed E-state index contributed by atoms with van der Waals surface area (Å²) in [4.78, 5) is 24.1. The number of rotatable bonds is 5. The Morgan fingerprint density at radius 1 is 1.42 bits per heavy atom. The Labute approximate surface area is 121 Å². The van der Waals surface area contributed by atoms with Crippen LogP contribution in [0.3, 0.4) is 0 Å². The molecule has 0 aliphatic heterocycles. The van der Waals surface area contributed by atoms with Gasteiger partial charge >= 0.3 is 5.97 Å². The SMILES string of the molecule is CC(C)N(C=O)C(C)(C(=O)O)c1cc(Cl)ccc1Cl. The van der Waals surface area contributed by atoms with Crippen molar-refractivity contribution in [2.75, 3.05) is 0 Å². The topological polar surface area (TPSA) is 57.6 Å². The molecule has 0 aromatic heterocycles. The number of carboxylic acid groups (broad SMARTS) is 1. The van der Waals surface area contributed by atoms with Gasteiger partial charge in [0.1, 0.15) is 0 Å². The smallest absolute Gasteiger partial charge is 0.334 e. The molecule has 1 rings (SSSR count). The molecule has 0 bridgehead atoms. The predicted molar refractivity (Wildman–Crippen MR) is 74.5 cm³/mol. The van der Waals surface area contributed by atoms with Crippen LogP contribution in [0.4, 0.5) is 0 Å². The summed E-state index contributed by atoms with van der Waals surface area (Å²) in [5, 5.41) is 10.2. The highest BCUT2D eigenvalue weighted by Gasteiger charge is 2.43. The van der Waals surface area contributed by atoms with Gasteiger partial charge in [0.15, 0.2) is 5.54 Å². The van der Waals surface area contributed by atoms with Gasteiger partial charge < -0.3 is 10.0 Å². The Balaban J connectivity index is 3.54. The van der Waals surface area contributed by atoms with Crippen LogP contribution in [0.25, 0.3) is 0 Å². The first-order valence-electron chi connectivity index (χ1n) is 5.67. The Hall–Kier alpha value is -1.26. The van der Waals surface area contributed by atoms with E-state index in [9.17, 15) is 14.7 Å². The van der Waals surface area contributed by atoms with Crippen LogP contribution < -0.4 is 0 Å². The number of aliphatic carboxylic acids is 1. The molecule has 4 nitrogen and oxygen atoms in total. The van der Waals surface area contributed by atoms with Gasteiger partial charge in [0.05, 0.1) is 0 Å². The van der Waals surface area contributed by atoms with E-state index in [1.54, 1.807) is 19.9 Å². The van der Waals surface area contributed by atoms with Gasteiger partial charge in [-0.3, -0.25) is 4.79 Å². The summed E-state index contributed by atoms with van der Waals surface area (Å²) in [6.45, 7) is 4.89. The summed E-state index contributed by atoms with van der Waals surface area (Å²) in [5.41, 5.74) is -1.28. The zero-order valence-electron chi connectivity index (χ0n) is 10.9. The number of carbonyl (C=O) groups excluding carboxylic acids is 1. The van der Waals surface area contributed by atoms with Gasteiger partial charge in [-0.15, -0.1) is 0 Å². The van der Waals surface area contributed by atoms with Gasteiger partial charge in [-0.25, -0.2) is 4.79 Å². The van der Waals surface area contributed by atoms with Crippen LogP contribution in [0.15, 0.2) is 18.2 Å². The molecule has 0 heterocycles. The molecule has 0 saturated heterocycles. The van der Waals surface area contributed by atoms with Crippen molar-refractivity contribution in [2.24, 2.45) is 0 Å². The first kappa shape index (κ1) is 15.8. The molecule has 104 valence electrons. The van der Waals surface area contributed by atoms with Gasteiger partial charge in [-0.2, -0.15) is 0 Å². The normalized spacial score (nSPS) is 14.0. The molecule has 0 fully saturated rings. The lowest BCUT2D eigenvalue weighted by atomic mass is 9.89. The van der Waals surface area contributed by atoms with Crippen LogP contribution in [0.1, 0.15) is 26.3 Å². The molecule has 19 heavy (non-hydrogen) atoms. The maximum absolute atomic E-state index is 11.7. The van der Waals surface area contributed by atoms with Crippen LogP contribution in [0, 0.1) is 0 Å². The molecule has 0 aliphatic rings. The first-order valence-corrected chi connectivity index (χ1v) is 6.43. The molecule has 0 spiro atoms. The summed E-state index contributed by atoms with van der Waals surface area (Å²) >= 11 is 12.0. The molecular weight excluding hydrogens is 289 g/mol. The minimum absolute atomic E-state index is 0.252. The fraction of sp³-hybridized carbons (Fsp3) is 0.385. The average Bonchev–Trinajstić information content (AvgIpc) is 2.32. The third kappa shape index (κ3) is 2.85. The second-order valence-corrected chi connectivity index (χ2v) is 5.45. The maximum Gasteiger partial charge on any atom is 0.334 e. The van der Waals surface area contributed by atoms with Crippen LogP contribution in [0.5, 0.6) is 0 Å². The lowest BCUT2D eigenvalue weighted by Crippen LogP contribution is -2.52. The van der Waals surface area contributed by atoms with Crippen molar-refractivity contribution in [1.29, 1.82) is 0 Å². The van der Waals surface area contributed by atoms with Gasteiger partial charge in [-0.1, -0.05) is 23.2 Å². The molecule has 1 N–H and O–H groups in total. The van der Waals surface area contributed by atoms with E-state index in [0.29, 0.717) is 11.4 Å². The molecule has 1 unspecified atom stereocenters. The number of hydrogen-bond acceptors (Lipinski definition) is 2. The Kier molecular flexibility index (Phi) is 4.82. The van der Waals surface area contributed by atoms with E-state index in [-0.39, 0.29) is 16.6 Å². The summed E-state index contributed by atoms with van der Waals surface area (Å²) in [6, 6.07) is 4.25. The largest absolute Gasteiger partial charge is 0.479 e. The van der Waals surface area contributed by atoms with Crippen LogP contribution in [0.2, 0.25) is 10.0 Å². The highest BCUT2D eigenvalue weighted by molar-refractivity contribution is 6.34. The lowest BCUT2D eigenvalue weighted by molar-refractivity contribution is -0.156. The number of halogens is 2. The van der Waals surface area contributed by atoms with Gasteiger partial charge in [-0.05, 0) is 39.0 Å². The third-order valence-corrected chi connectivity index (χ3v) is 3.62. The molecule has 1 aromatic rings. The van der Waals surface area contributed by atoms with Crippen molar-refractivity contribution in [3.63, 3.8) is 0 Å². The standard InChI is InChI=1S/C13H15Cl2NO3/c1-8(2)16(7-17)13(3,12(18)19)10-6-9(14)4-5-11(10)15/h4-8H,1-3H3,(H,18,19). The summed E-state index contributed by atoms with van der Waals surface area (Å²) < 4.78 is 0. The van der Waals surface area contributed by atoms with E-state index in [1.165, 1.54) is 24.0 Å².